The Morgan fingerprint density at radius 3 is 2.86 bits per heavy atom. The molecule has 1 saturated heterocycles. The number of methoxy groups -OCH3 is 1. The van der Waals surface area contributed by atoms with Crippen LogP contribution in [0.1, 0.15) is 28.9 Å². The monoisotopic (exact) mass is 492 g/mol. The molecular formula is C25H25ClN6O3. The highest BCUT2D eigenvalue weighted by Crippen LogP contribution is 2.29. The second-order valence-electron chi connectivity index (χ2n) is 8.51. The van der Waals surface area contributed by atoms with Crippen LogP contribution >= 0.6 is 11.6 Å². The minimum atomic E-state index is -0.154. The van der Waals surface area contributed by atoms with Crippen molar-refractivity contribution in [1.82, 2.24) is 30.4 Å². The van der Waals surface area contributed by atoms with Crippen LogP contribution in [0.5, 0.6) is 5.88 Å². The molecule has 1 aromatic carbocycles. The zero-order chi connectivity index (χ0) is 24.4. The molecule has 0 radical (unpaired) electrons. The van der Waals surface area contributed by atoms with Crippen LogP contribution < -0.4 is 10.1 Å². The first-order chi connectivity index (χ1) is 17.0. The van der Waals surface area contributed by atoms with E-state index in [0.29, 0.717) is 60.3 Å². The second-order valence-corrected chi connectivity index (χ2v) is 8.92. The Bertz CT molecular complexity index is 1370. The third-order valence-corrected chi connectivity index (χ3v) is 6.72. The summed E-state index contributed by atoms with van der Waals surface area (Å²) >= 11 is 6.25. The van der Waals surface area contributed by atoms with Crippen molar-refractivity contribution in [1.29, 1.82) is 0 Å². The van der Waals surface area contributed by atoms with Crippen LogP contribution in [0.3, 0.4) is 0 Å². The number of pyridine rings is 1. The summed E-state index contributed by atoms with van der Waals surface area (Å²) in [6, 6.07) is 11.4. The third-order valence-electron chi connectivity index (χ3n) is 6.41. The number of carbonyl (C=O) groups excluding carboxylic acids is 2. The molecule has 0 unspecified atom stereocenters. The molecule has 2 amide bonds. The van der Waals surface area contributed by atoms with Crippen molar-refractivity contribution in [2.75, 3.05) is 20.2 Å². The fourth-order valence-electron chi connectivity index (χ4n) is 4.44. The molecule has 4 heterocycles. The quantitative estimate of drug-likeness (QED) is 0.379. The number of H-pyrrole nitrogens is 2. The van der Waals surface area contributed by atoms with E-state index in [2.05, 4.69) is 25.5 Å². The van der Waals surface area contributed by atoms with E-state index in [1.54, 1.807) is 17.0 Å². The van der Waals surface area contributed by atoms with Crippen LogP contribution in [0, 0.1) is 5.92 Å². The average molecular weight is 493 g/mol. The number of hydrogen-bond acceptors (Lipinski definition) is 5. The van der Waals surface area contributed by atoms with Gasteiger partial charge < -0.3 is 19.9 Å². The largest absolute Gasteiger partial charge is 0.481 e. The van der Waals surface area contributed by atoms with E-state index in [1.165, 1.54) is 13.3 Å². The zero-order valence-electron chi connectivity index (χ0n) is 19.2. The standard InChI is InChI=1S/C25H25ClN6O3/c1-35-23-11-18(19(26)14-28-23)21-12-22(31-30-21)25(34)32-9-6-15(7-10-32)24(33)29-13-16-3-2-4-20-17(16)5-8-27-20/h2-5,8,11-12,14-15,27H,6-7,9-10,13H2,1H3,(H,29,33)(H,30,31). The van der Waals surface area contributed by atoms with E-state index >= 15 is 0 Å². The Labute approximate surface area is 206 Å². The smallest absolute Gasteiger partial charge is 0.271 e. The number of hydrogen-bond donors (Lipinski definition) is 3. The van der Waals surface area contributed by atoms with Gasteiger partial charge in [-0.05, 0) is 36.6 Å². The molecule has 1 fully saturated rings. The lowest BCUT2D eigenvalue weighted by atomic mass is 9.95. The van der Waals surface area contributed by atoms with Gasteiger partial charge in [-0.3, -0.25) is 14.7 Å². The van der Waals surface area contributed by atoms with Crippen molar-refractivity contribution < 1.29 is 14.3 Å². The predicted octanol–water partition coefficient (Wildman–Crippen LogP) is 3.78. The van der Waals surface area contributed by atoms with Gasteiger partial charge in [-0.1, -0.05) is 23.7 Å². The average Bonchev–Trinajstić information content (AvgIpc) is 3.57. The number of ether oxygens (including phenoxy) is 1. The maximum absolute atomic E-state index is 13.0. The number of nitrogens with one attached hydrogen (secondary N) is 3. The summed E-state index contributed by atoms with van der Waals surface area (Å²) in [5, 5.41) is 11.6. The van der Waals surface area contributed by atoms with Gasteiger partial charge in [0.25, 0.3) is 5.91 Å². The molecule has 9 nitrogen and oxygen atoms in total. The van der Waals surface area contributed by atoms with Crippen LogP contribution in [-0.4, -0.2) is 57.1 Å². The number of aromatic amines is 2. The summed E-state index contributed by atoms with van der Waals surface area (Å²) in [5.41, 5.74) is 3.65. The fourth-order valence-corrected chi connectivity index (χ4v) is 4.64. The van der Waals surface area contributed by atoms with E-state index in [0.717, 1.165) is 16.5 Å². The lowest BCUT2D eigenvalue weighted by Gasteiger charge is -2.31. The van der Waals surface area contributed by atoms with Crippen molar-refractivity contribution >= 4 is 34.3 Å². The van der Waals surface area contributed by atoms with E-state index in [4.69, 9.17) is 16.3 Å². The number of likely N-dealkylation sites (tertiary alicyclic amines) is 1. The van der Waals surface area contributed by atoms with Crippen LogP contribution in [0.2, 0.25) is 5.02 Å². The van der Waals surface area contributed by atoms with Gasteiger partial charge in [0.05, 0.1) is 24.0 Å². The third kappa shape index (κ3) is 4.72. The number of rotatable bonds is 6. The summed E-state index contributed by atoms with van der Waals surface area (Å²) in [6.07, 6.45) is 4.61. The van der Waals surface area contributed by atoms with Crippen LogP contribution in [-0.2, 0) is 11.3 Å². The molecule has 0 bridgehead atoms. The highest BCUT2D eigenvalue weighted by molar-refractivity contribution is 6.33. The minimum Gasteiger partial charge on any atom is -0.481 e. The Balaban J connectivity index is 1.17. The van der Waals surface area contributed by atoms with Crippen molar-refractivity contribution in [3.8, 4) is 17.1 Å². The van der Waals surface area contributed by atoms with E-state index < -0.39 is 0 Å². The summed E-state index contributed by atoms with van der Waals surface area (Å²) in [4.78, 5) is 34.8. The molecule has 1 aliphatic rings. The Hall–Kier alpha value is -3.85. The molecule has 10 heteroatoms. The Morgan fingerprint density at radius 1 is 1.23 bits per heavy atom. The first kappa shape index (κ1) is 22.9. The van der Waals surface area contributed by atoms with Crippen molar-refractivity contribution in [3.05, 3.63) is 65.1 Å². The first-order valence-electron chi connectivity index (χ1n) is 11.4. The maximum Gasteiger partial charge on any atom is 0.271 e. The Kier molecular flexibility index (Phi) is 6.41. The SMILES string of the molecule is COc1cc(-c2cc(C(=O)N3CCC(C(=O)NCc4cccc5[nH]ccc45)CC3)[nH]n2)c(Cl)cn1. The highest BCUT2D eigenvalue weighted by Gasteiger charge is 2.28. The molecular weight excluding hydrogens is 468 g/mol. The van der Waals surface area contributed by atoms with Gasteiger partial charge >= 0.3 is 0 Å². The Morgan fingerprint density at radius 2 is 2.06 bits per heavy atom. The molecule has 0 saturated carbocycles. The summed E-state index contributed by atoms with van der Waals surface area (Å²) in [5.74, 6) is 0.156. The maximum atomic E-state index is 13.0. The van der Waals surface area contributed by atoms with E-state index in [1.807, 2.05) is 30.5 Å². The van der Waals surface area contributed by atoms with Gasteiger partial charge in [0, 0.05) is 54.3 Å². The molecule has 1 aliphatic heterocycles. The van der Waals surface area contributed by atoms with Crippen LogP contribution in [0.25, 0.3) is 22.2 Å². The second kappa shape index (κ2) is 9.79. The number of benzene rings is 1. The highest BCUT2D eigenvalue weighted by atomic mass is 35.5. The zero-order valence-corrected chi connectivity index (χ0v) is 19.9. The molecule has 0 atom stereocenters. The number of piperidine rings is 1. The molecule has 35 heavy (non-hydrogen) atoms. The number of fused-ring (bicyclic) bond motifs is 1. The molecule has 3 N–H and O–H groups in total. The molecule has 0 aliphatic carbocycles. The topological polar surface area (TPSA) is 116 Å². The van der Waals surface area contributed by atoms with E-state index in [9.17, 15) is 9.59 Å². The number of amides is 2. The normalized spacial score (nSPS) is 14.3. The van der Waals surface area contributed by atoms with Crippen LogP contribution in [0.15, 0.2) is 48.8 Å². The summed E-state index contributed by atoms with van der Waals surface area (Å²) in [6.45, 7) is 1.48. The van der Waals surface area contributed by atoms with Gasteiger partial charge in [-0.15, -0.1) is 0 Å². The van der Waals surface area contributed by atoms with Crippen molar-refractivity contribution in [3.63, 3.8) is 0 Å². The van der Waals surface area contributed by atoms with Crippen molar-refractivity contribution in [2.45, 2.75) is 19.4 Å². The summed E-state index contributed by atoms with van der Waals surface area (Å²) < 4.78 is 5.15. The molecule has 4 aromatic rings. The lowest BCUT2D eigenvalue weighted by Crippen LogP contribution is -2.43. The lowest BCUT2D eigenvalue weighted by molar-refractivity contribution is -0.126. The predicted molar refractivity (Wildman–Crippen MR) is 132 cm³/mol. The van der Waals surface area contributed by atoms with Gasteiger partial charge in [-0.25, -0.2) is 4.98 Å². The van der Waals surface area contributed by atoms with Gasteiger partial charge in [0.2, 0.25) is 11.8 Å². The fraction of sp³-hybridized carbons (Fsp3) is 0.280. The first-order valence-corrected chi connectivity index (χ1v) is 11.8. The van der Waals surface area contributed by atoms with Crippen molar-refractivity contribution in [2.24, 2.45) is 5.92 Å². The minimum absolute atomic E-state index is 0.0229. The molecule has 3 aromatic heterocycles. The number of nitrogens with zero attached hydrogens (tertiary/aromatic N) is 3. The molecule has 0 spiro atoms. The molecule has 5 rings (SSSR count). The molecule has 180 valence electrons. The van der Waals surface area contributed by atoms with Crippen LogP contribution in [0.4, 0.5) is 0 Å². The summed E-state index contributed by atoms with van der Waals surface area (Å²) in [7, 11) is 1.52. The van der Waals surface area contributed by atoms with E-state index in [-0.39, 0.29) is 17.7 Å². The van der Waals surface area contributed by atoms with Gasteiger partial charge in [0.1, 0.15) is 5.69 Å². The van der Waals surface area contributed by atoms with Gasteiger partial charge in [0.15, 0.2) is 0 Å². The number of halogens is 1. The number of aromatic nitrogens is 4. The van der Waals surface area contributed by atoms with Gasteiger partial charge in [-0.2, -0.15) is 5.10 Å². The number of carbonyl (C=O) groups is 2.